The third-order valence-electron chi connectivity index (χ3n) is 4.28. The second-order valence-electron chi connectivity index (χ2n) is 6.03. The molecule has 0 spiro atoms. The van der Waals surface area contributed by atoms with Crippen molar-refractivity contribution in [3.8, 4) is 11.8 Å². The number of nitrogens with zero attached hydrogens (tertiary/aromatic N) is 3. The fraction of sp³-hybridized carbons (Fsp3) is 0.471. The minimum Gasteiger partial charge on any atom is -0.482 e. The minimum absolute atomic E-state index is 0.109. The molecule has 24 heavy (non-hydrogen) atoms. The van der Waals surface area contributed by atoms with E-state index in [9.17, 15) is 9.59 Å². The molecular formula is C17H18ClN3O3. The highest BCUT2D eigenvalue weighted by atomic mass is 35.5. The van der Waals surface area contributed by atoms with E-state index in [1.165, 1.54) is 6.07 Å². The summed E-state index contributed by atoms with van der Waals surface area (Å²) in [6.45, 7) is 2.11. The standard InChI is InChI=1S/C17H18ClN3O3/c18-14-9-12(10-19)1-4-15(14)24-11-16(22)20-5-7-21(8-6-20)17(23)13-2-3-13/h1,4,9,13H,2-3,5-8,11H2. The molecule has 1 saturated carbocycles. The molecule has 1 saturated heterocycles. The van der Waals surface area contributed by atoms with E-state index in [-0.39, 0.29) is 24.3 Å². The van der Waals surface area contributed by atoms with Gasteiger partial charge >= 0.3 is 0 Å². The molecule has 0 unspecified atom stereocenters. The summed E-state index contributed by atoms with van der Waals surface area (Å²) in [5, 5.41) is 9.11. The Bertz CT molecular complexity index is 689. The highest BCUT2D eigenvalue weighted by Crippen LogP contribution is 2.31. The van der Waals surface area contributed by atoms with Crippen LogP contribution in [0.25, 0.3) is 0 Å². The molecule has 2 amide bonds. The molecule has 1 heterocycles. The van der Waals surface area contributed by atoms with Crippen molar-refractivity contribution in [3.05, 3.63) is 28.8 Å². The normalized spacial score (nSPS) is 17.3. The van der Waals surface area contributed by atoms with Gasteiger partial charge in [0.2, 0.25) is 5.91 Å². The molecular weight excluding hydrogens is 330 g/mol. The number of hydrogen-bond acceptors (Lipinski definition) is 4. The van der Waals surface area contributed by atoms with Gasteiger partial charge in [0.25, 0.3) is 5.91 Å². The van der Waals surface area contributed by atoms with Crippen molar-refractivity contribution in [2.24, 2.45) is 5.92 Å². The average Bonchev–Trinajstić information content (AvgIpc) is 3.45. The van der Waals surface area contributed by atoms with Gasteiger partial charge < -0.3 is 14.5 Å². The summed E-state index contributed by atoms with van der Waals surface area (Å²) in [7, 11) is 0. The van der Waals surface area contributed by atoms with Crippen LogP contribution < -0.4 is 4.74 Å². The molecule has 1 aliphatic carbocycles. The van der Waals surface area contributed by atoms with Crippen molar-refractivity contribution in [1.82, 2.24) is 9.80 Å². The molecule has 0 bridgehead atoms. The van der Waals surface area contributed by atoms with E-state index in [4.69, 9.17) is 21.6 Å². The van der Waals surface area contributed by atoms with Crippen molar-refractivity contribution in [2.75, 3.05) is 32.8 Å². The smallest absolute Gasteiger partial charge is 0.260 e. The lowest BCUT2D eigenvalue weighted by molar-refractivity contribution is -0.141. The highest BCUT2D eigenvalue weighted by molar-refractivity contribution is 6.32. The first-order valence-corrected chi connectivity index (χ1v) is 8.35. The summed E-state index contributed by atoms with van der Waals surface area (Å²) >= 11 is 6.02. The van der Waals surface area contributed by atoms with E-state index in [0.717, 1.165) is 12.8 Å². The van der Waals surface area contributed by atoms with Crippen LogP contribution in [0.15, 0.2) is 18.2 Å². The van der Waals surface area contributed by atoms with Crippen molar-refractivity contribution in [2.45, 2.75) is 12.8 Å². The predicted octanol–water partition coefficient (Wildman–Crippen LogP) is 1.67. The molecule has 7 heteroatoms. The van der Waals surface area contributed by atoms with E-state index in [1.54, 1.807) is 17.0 Å². The van der Waals surface area contributed by atoms with Gasteiger partial charge in [0.05, 0.1) is 16.7 Å². The van der Waals surface area contributed by atoms with Crippen LogP contribution in [0.5, 0.6) is 5.75 Å². The summed E-state index contributed by atoms with van der Waals surface area (Å²) in [6.07, 6.45) is 1.99. The molecule has 0 N–H and O–H groups in total. The number of benzene rings is 1. The van der Waals surface area contributed by atoms with Gasteiger partial charge in [-0.25, -0.2) is 0 Å². The van der Waals surface area contributed by atoms with Crippen LogP contribution in [-0.4, -0.2) is 54.4 Å². The van der Waals surface area contributed by atoms with E-state index < -0.39 is 0 Å². The first kappa shape index (κ1) is 16.6. The van der Waals surface area contributed by atoms with E-state index >= 15 is 0 Å². The maximum absolute atomic E-state index is 12.2. The Labute approximate surface area is 145 Å². The summed E-state index contributed by atoms with van der Waals surface area (Å²) in [5.41, 5.74) is 0.440. The summed E-state index contributed by atoms with van der Waals surface area (Å²) in [6, 6.07) is 6.67. The van der Waals surface area contributed by atoms with Crippen molar-refractivity contribution in [1.29, 1.82) is 5.26 Å². The zero-order valence-electron chi connectivity index (χ0n) is 13.2. The van der Waals surface area contributed by atoms with Gasteiger partial charge in [-0.15, -0.1) is 0 Å². The number of carbonyl (C=O) groups excluding carboxylic acids is 2. The molecule has 1 aromatic carbocycles. The third kappa shape index (κ3) is 3.80. The second-order valence-corrected chi connectivity index (χ2v) is 6.43. The number of rotatable bonds is 4. The Morgan fingerprint density at radius 2 is 1.88 bits per heavy atom. The highest BCUT2D eigenvalue weighted by Gasteiger charge is 2.35. The lowest BCUT2D eigenvalue weighted by atomic mass is 10.2. The molecule has 6 nitrogen and oxygen atoms in total. The van der Waals surface area contributed by atoms with Crippen LogP contribution in [0.2, 0.25) is 5.02 Å². The molecule has 2 aliphatic rings. The number of halogens is 1. The fourth-order valence-corrected chi connectivity index (χ4v) is 2.92. The van der Waals surface area contributed by atoms with Crippen molar-refractivity contribution >= 4 is 23.4 Å². The zero-order valence-corrected chi connectivity index (χ0v) is 14.0. The molecule has 0 aromatic heterocycles. The molecule has 3 rings (SSSR count). The number of nitriles is 1. The molecule has 0 radical (unpaired) electrons. The Morgan fingerprint density at radius 1 is 1.21 bits per heavy atom. The van der Waals surface area contributed by atoms with Gasteiger partial charge in [-0.2, -0.15) is 5.26 Å². The van der Waals surface area contributed by atoms with Gasteiger partial charge in [0, 0.05) is 32.1 Å². The maximum atomic E-state index is 12.2. The van der Waals surface area contributed by atoms with Crippen LogP contribution in [0, 0.1) is 17.2 Å². The van der Waals surface area contributed by atoms with Crippen LogP contribution in [0.1, 0.15) is 18.4 Å². The average molecular weight is 348 g/mol. The van der Waals surface area contributed by atoms with Gasteiger partial charge in [0.1, 0.15) is 5.75 Å². The predicted molar refractivity (Wildman–Crippen MR) is 87.5 cm³/mol. The Kier molecular flexibility index (Phi) is 4.91. The zero-order chi connectivity index (χ0) is 17.1. The minimum atomic E-state index is -0.131. The van der Waals surface area contributed by atoms with Crippen LogP contribution in [0.3, 0.4) is 0 Å². The number of carbonyl (C=O) groups is 2. The number of ether oxygens (including phenoxy) is 1. The van der Waals surface area contributed by atoms with Crippen LogP contribution >= 0.6 is 11.6 Å². The lowest BCUT2D eigenvalue weighted by Gasteiger charge is -2.34. The first-order chi connectivity index (χ1) is 11.6. The number of hydrogen-bond donors (Lipinski definition) is 0. The lowest BCUT2D eigenvalue weighted by Crippen LogP contribution is -2.52. The third-order valence-corrected chi connectivity index (χ3v) is 4.58. The SMILES string of the molecule is N#Cc1ccc(OCC(=O)N2CCN(C(=O)C3CC3)CC2)c(Cl)c1. The van der Waals surface area contributed by atoms with Gasteiger partial charge in [-0.3, -0.25) is 9.59 Å². The van der Waals surface area contributed by atoms with Gasteiger partial charge in [-0.1, -0.05) is 11.6 Å². The van der Waals surface area contributed by atoms with E-state index in [1.807, 2.05) is 11.0 Å². The summed E-state index contributed by atoms with van der Waals surface area (Å²) < 4.78 is 5.46. The first-order valence-electron chi connectivity index (χ1n) is 7.97. The fourth-order valence-electron chi connectivity index (χ4n) is 2.68. The molecule has 0 atom stereocenters. The van der Waals surface area contributed by atoms with Gasteiger partial charge in [0.15, 0.2) is 6.61 Å². The van der Waals surface area contributed by atoms with Crippen LogP contribution in [-0.2, 0) is 9.59 Å². The molecule has 1 aliphatic heterocycles. The molecule has 1 aromatic rings. The second kappa shape index (κ2) is 7.10. The Balaban J connectivity index is 1.47. The number of piperazine rings is 1. The summed E-state index contributed by atoms with van der Waals surface area (Å²) in [5.74, 6) is 0.692. The van der Waals surface area contributed by atoms with Crippen LogP contribution in [0.4, 0.5) is 0 Å². The van der Waals surface area contributed by atoms with Crippen molar-refractivity contribution < 1.29 is 14.3 Å². The summed E-state index contributed by atoms with van der Waals surface area (Å²) in [4.78, 5) is 27.8. The monoisotopic (exact) mass is 347 g/mol. The van der Waals surface area contributed by atoms with Crippen molar-refractivity contribution in [3.63, 3.8) is 0 Å². The Hall–Kier alpha value is -2.26. The quantitative estimate of drug-likeness (QED) is 0.830. The topological polar surface area (TPSA) is 73.6 Å². The maximum Gasteiger partial charge on any atom is 0.260 e. The molecule has 126 valence electrons. The number of amides is 2. The largest absolute Gasteiger partial charge is 0.482 e. The van der Waals surface area contributed by atoms with Gasteiger partial charge in [-0.05, 0) is 31.0 Å². The Morgan fingerprint density at radius 3 is 2.46 bits per heavy atom. The van der Waals surface area contributed by atoms with E-state index in [0.29, 0.717) is 42.5 Å². The van der Waals surface area contributed by atoms with E-state index in [2.05, 4.69) is 0 Å². The molecule has 2 fully saturated rings.